The zero-order valence-corrected chi connectivity index (χ0v) is 22.4. The van der Waals surface area contributed by atoms with E-state index in [9.17, 15) is 31.1 Å². The van der Waals surface area contributed by atoms with Crippen molar-refractivity contribution in [3.05, 3.63) is 47.8 Å². The molecule has 37 heavy (non-hydrogen) atoms. The molecule has 2 aliphatic rings. The second-order valence-corrected chi connectivity index (χ2v) is 13.2. The van der Waals surface area contributed by atoms with E-state index in [1.165, 1.54) is 31.3 Å². The quantitative estimate of drug-likeness (QED) is 0.543. The summed E-state index contributed by atoms with van der Waals surface area (Å²) in [5, 5.41) is 10.2. The molecule has 202 valence electrons. The Morgan fingerprint density at radius 3 is 2.19 bits per heavy atom. The predicted octanol–water partition coefficient (Wildman–Crippen LogP) is 1.06. The topological polar surface area (TPSA) is 127 Å². The lowest BCUT2D eigenvalue weighted by Crippen LogP contribution is -2.49. The molecule has 4 rings (SSSR count). The molecular formula is C24H31FN4O6S2. The molecule has 2 aromatic rings. The van der Waals surface area contributed by atoms with Gasteiger partial charge in [0.1, 0.15) is 5.82 Å². The number of benzene rings is 2. The normalized spacial score (nSPS) is 19.2. The fourth-order valence-electron chi connectivity index (χ4n) is 4.72. The lowest BCUT2D eigenvalue weighted by Gasteiger charge is -2.38. The molecule has 13 heteroatoms. The first-order valence-corrected chi connectivity index (χ1v) is 15.3. The van der Waals surface area contributed by atoms with Crippen LogP contribution in [0.1, 0.15) is 23.2 Å². The van der Waals surface area contributed by atoms with Crippen molar-refractivity contribution < 1.29 is 31.1 Å². The average molecular weight is 555 g/mol. The van der Waals surface area contributed by atoms with E-state index >= 15 is 0 Å². The summed E-state index contributed by atoms with van der Waals surface area (Å²) in [6.45, 7) is 2.12. The smallest absolute Gasteiger partial charge is 0.256 e. The van der Waals surface area contributed by atoms with Crippen molar-refractivity contribution >= 4 is 37.1 Å². The minimum Gasteiger partial charge on any atom is -0.391 e. The highest BCUT2D eigenvalue weighted by Crippen LogP contribution is 2.29. The van der Waals surface area contributed by atoms with Crippen LogP contribution in [0.5, 0.6) is 0 Å². The molecule has 2 aliphatic heterocycles. The largest absolute Gasteiger partial charge is 0.391 e. The van der Waals surface area contributed by atoms with Gasteiger partial charge in [0, 0.05) is 51.2 Å². The van der Waals surface area contributed by atoms with Crippen LogP contribution >= 0.6 is 0 Å². The molecule has 2 N–H and O–H groups in total. The number of nitrogens with one attached hydrogen (secondary N) is 1. The second-order valence-electron chi connectivity index (χ2n) is 9.29. The van der Waals surface area contributed by atoms with Gasteiger partial charge >= 0.3 is 0 Å². The highest BCUT2D eigenvalue weighted by Gasteiger charge is 2.29. The lowest BCUT2D eigenvalue weighted by molar-refractivity contribution is 0.0746. The number of piperidine rings is 1. The first kappa shape index (κ1) is 27.3. The van der Waals surface area contributed by atoms with Crippen molar-refractivity contribution in [2.24, 2.45) is 0 Å². The van der Waals surface area contributed by atoms with Gasteiger partial charge in [0.25, 0.3) is 5.91 Å². The van der Waals surface area contributed by atoms with E-state index in [1.54, 1.807) is 15.9 Å². The number of anilines is 2. The van der Waals surface area contributed by atoms with Crippen LogP contribution in [-0.2, 0) is 19.9 Å². The summed E-state index contributed by atoms with van der Waals surface area (Å²) in [5.74, 6) is -1.01. The number of amides is 1. The van der Waals surface area contributed by atoms with Gasteiger partial charge in [-0.15, -0.1) is 0 Å². The Bertz CT molecular complexity index is 1390. The number of sulfonamides is 1. The molecule has 2 aromatic carbocycles. The standard InChI is InChI=1S/C24H31FN4O6S2/c1-26-37(34,35)19-6-7-22(29-9-3-4-17(30)16-29)20(14-19)24(31)28-12-10-27(11-13-28)23-8-5-18(15-21(23)25)36(2,32)33/h5-8,14-15,17,26,30H,3-4,9-13,16H2,1-2H3. The molecule has 0 aliphatic carbocycles. The lowest BCUT2D eigenvalue weighted by atomic mass is 10.0. The van der Waals surface area contributed by atoms with Gasteiger partial charge in [-0.25, -0.2) is 25.9 Å². The molecule has 2 saturated heterocycles. The number of hydrogen-bond acceptors (Lipinski definition) is 8. The van der Waals surface area contributed by atoms with E-state index in [4.69, 9.17) is 0 Å². The molecule has 0 saturated carbocycles. The first-order chi connectivity index (χ1) is 17.4. The Kier molecular flexibility index (Phi) is 7.79. The Morgan fingerprint density at radius 2 is 1.59 bits per heavy atom. The Labute approximate surface area is 216 Å². The minimum absolute atomic E-state index is 0.0358. The third-order valence-electron chi connectivity index (χ3n) is 6.77. The van der Waals surface area contributed by atoms with E-state index in [-0.39, 0.29) is 40.0 Å². The average Bonchev–Trinajstić information content (AvgIpc) is 2.87. The number of rotatable bonds is 6. The molecule has 0 spiro atoms. The van der Waals surface area contributed by atoms with Crippen molar-refractivity contribution in [1.82, 2.24) is 9.62 Å². The van der Waals surface area contributed by atoms with Crippen LogP contribution in [0.4, 0.5) is 15.8 Å². The fraction of sp³-hybridized carbons (Fsp3) is 0.458. The molecule has 2 fully saturated rings. The number of aliphatic hydroxyl groups is 1. The van der Waals surface area contributed by atoms with Crippen LogP contribution in [0.2, 0.25) is 0 Å². The van der Waals surface area contributed by atoms with Gasteiger partial charge in [-0.1, -0.05) is 0 Å². The molecule has 0 aromatic heterocycles. The summed E-state index contributed by atoms with van der Waals surface area (Å²) in [4.78, 5) is 18.7. The van der Waals surface area contributed by atoms with Crippen molar-refractivity contribution in [2.75, 3.05) is 62.4 Å². The van der Waals surface area contributed by atoms with Crippen molar-refractivity contribution in [2.45, 2.75) is 28.7 Å². The maximum Gasteiger partial charge on any atom is 0.256 e. The van der Waals surface area contributed by atoms with Crippen molar-refractivity contribution in [3.63, 3.8) is 0 Å². The fourth-order valence-corrected chi connectivity index (χ4v) is 6.10. The summed E-state index contributed by atoms with van der Waals surface area (Å²) in [5.41, 5.74) is 1.04. The highest BCUT2D eigenvalue weighted by molar-refractivity contribution is 7.90. The summed E-state index contributed by atoms with van der Waals surface area (Å²) < 4.78 is 65.2. The van der Waals surface area contributed by atoms with Crippen LogP contribution in [0.3, 0.4) is 0 Å². The zero-order valence-electron chi connectivity index (χ0n) is 20.7. The first-order valence-electron chi connectivity index (χ1n) is 11.9. The summed E-state index contributed by atoms with van der Waals surface area (Å²) >= 11 is 0. The molecule has 1 unspecified atom stereocenters. The SMILES string of the molecule is CNS(=O)(=O)c1ccc(N2CCCC(O)C2)c(C(=O)N2CCN(c3ccc(S(C)(=O)=O)cc3F)CC2)c1. The number of carbonyl (C=O) groups is 1. The number of sulfone groups is 1. The Balaban J connectivity index is 1.57. The zero-order chi connectivity index (χ0) is 27.0. The Hall–Kier alpha value is -2.74. The van der Waals surface area contributed by atoms with Gasteiger partial charge in [-0.05, 0) is 56.3 Å². The number of aliphatic hydroxyl groups excluding tert-OH is 1. The van der Waals surface area contributed by atoms with Crippen LogP contribution in [-0.4, -0.2) is 91.4 Å². The molecule has 10 nitrogen and oxygen atoms in total. The molecule has 0 radical (unpaired) electrons. The summed E-state index contributed by atoms with van der Waals surface area (Å²) in [6, 6.07) is 8.19. The molecule has 2 heterocycles. The van der Waals surface area contributed by atoms with Gasteiger partial charge in [0.15, 0.2) is 9.84 Å². The van der Waals surface area contributed by atoms with Crippen molar-refractivity contribution in [3.8, 4) is 0 Å². The third-order valence-corrected chi connectivity index (χ3v) is 9.29. The number of piperazine rings is 1. The van der Waals surface area contributed by atoms with Gasteiger partial charge in [-0.3, -0.25) is 4.79 Å². The number of hydrogen-bond donors (Lipinski definition) is 2. The van der Waals surface area contributed by atoms with E-state index in [2.05, 4.69) is 4.72 Å². The Morgan fingerprint density at radius 1 is 0.946 bits per heavy atom. The van der Waals surface area contributed by atoms with E-state index in [0.717, 1.165) is 18.7 Å². The van der Waals surface area contributed by atoms with Crippen LogP contribution in [0, 0.1) is 5.82 Å². The number of carbonyl (C=O) groups excluding carboxylic acids is 1. The summed E-state index contributed by atoms with van der Waals surface area (Å²) in [7, 11) is -6.02. The number of halogens is 1. The van der Waals surface area contributed by atoms with E-state index in [1.807, 2.05) is 4.90 Å². The third kappa shape index (κ3) is 5.89. The van der Waals surface area contributed by atoms with Crippen LogP contribution in [0.25, 0.3) is 0 Å². The van der Waals surface area contributed by atoms with Gasteiger partial charge in [0.05, 0.1) is 27.1 Å². The van der Waals surface area contributed by atoms with E-state index in [0.29, 0.717) is 38.3 Å². The molecule has 1 amide bonds. The van der Waals surface area contributed by atoms with E-state index < -0.39 is 31.8 Å². The summed E-state index contributed by atoms with van der Waals surface area (Å²) in [6.07, 6.45) is 1.88. The van der Waals surface area contributed by atoms with Gasteiger partial charge < -0.3 is 19.8 Å². The minimum atomic E-state index is -3.79. The van der Waals surface area contributed by atoms with Gasteiger partial charge in [-0.2, -0.15) is 0 Å². The number of nitrogens with zero attached hydrogens (tertiary/aromatic N) is 3. The van der Waals surface area contributed by atoms with Crippen LogP contribution in [0.15, 0.2) is 46.2 Å². The van der Waals surface area contributed by atoms with Crippen molar-refractivity contribution in [1.29, 1.82) is 0 Å². The van der Waals surface area contributed by atoms with Crippen LogP contribution < -0.4 is 14.5 Å². The maximum absolute atomic E-state index is 14.7. The molecule has 1 atom stereocenters. The van der Waals surface area contributed by atoms with Gasteiger partial charge in [0.2, 0.25) is 10.0 Å². The predicted molar refractivity (Wildman–Crippen MR) is 138 cm³/mol. The highest BCUT2D eigenvalue weighted by atomic mass is 32.2. The molecular weight excluding hydrogens is 523 g/mol. The molecule has 0 bridgehead atoms. The monoisotopic (exact) mass is 554 g/mol. The maximum atomic E-state index is 14.7. The second kappa shape index (κ2) is 10.6. The number of β-amino-alcohol motifs (C(OH)–C–C–N with tert-alkyl or cyclic N) is 1.